The molecule has 2 aromatic carbocycles. The Labute approximate surface area is 112 Å². The molecule has 0 aliphatic heterocycles. The molecule has 0 spiro atoms. The number of carbonyl (C=O) groups is 1. The molecule has 0 aromatic heterocycles. The number of amides is 1. The minimum atomic E-state index is -0.202. The Bertz CT molecular complexity index is 552. The summed E-state index contributed by atoms with van der Waals surface area (Å²) in [4.78, 5) is 12.0. The van der Waals surface area contributed by atoms with Crippen LogP contribution in [0.4, 0.5) is 0 Å². The first-order valence-corrected chi connectivity index (χ1v) is 6.28. The van der Waals surface area contributed by atoms with Crippen molar-refractivity contribution in [2.75, 3.05) is 0 Å². The maximum atomic E-state index is 12.0. The van der Waals surface area contributed by atoms with E-state index in [0.29, 0.717) is 6.54 Å². The van der Waals surface area contributed by atoms with E-state index in [4.69, 9.17) is 0 Å². The van der Waals surface area contributed by atoms with Gasteiger partial charge in [0.25, 0.3) is 0 Å². The quantitative estimate of drug-likeness (QED) is 0.882. The molecule has 0 heterocycles. The molecule has 3 nitrogen and oxygen atoms in total. The second-order valence-corrected chi connectivity index (χ2v) is 4.48. The summed E-state index contributed by atoms with van der Waals surface area (Å²) in [6, 6.07) is 16.6. The van der Waals surface area contributed by atoms with Gasteiger partial charge in [-0.05, 0) is 18.6 Å². The Kier molecular flexibility index (Phi) is 4.18. The maximum absolute atomic E-state index is 12.0. The van der Waals surface area contributed by atoms with Gasteiger partial charge in [0.15, 0.2) is 0 Å². The molecular formula is C16H17NO2. The first-order valence-electron chi connectivity index (χ1n) is 6.28. The largest absolute Gasteiger partial charge is 0.508 e. The molecule has 0 saturated carbocycles. The standard InChI is InChI=1S/C16H17NO2/c1-12(13-7-3-2-4-8-13)16(19)17-11-14-9-5-6-10-15(14)18/h2-10,12,18H,11H2,1H3,(H,17,19). The molecule has 0 bridgehead atoms. The lowest BCUT2D eigenvalue weighted by atomic mass is 10.0. The van der Waals surface area contributed by atoms with Crippen LogP contribution >= 0.6 is 0 Å². The number of carbonyl (C=O) groups excluding carboxylic acids is 1. The molecule has 0 saturated heterocycles. The van der Waals surface area contributed by atoms with E-state index in [2.05, 4.69) is 5.32 Å². The number of hydrogen-bond donors (Lipinski definition) is 2. The van der Waals surface area contributed by atoms with Gasteiger partial charge in [0.05, 0.1) is 5.92 Å². The fourth-order valence-electron chi connectivity index (χ4n) is 1.89. The average Bonchev–Trinajstić information content (AvgIpc) is 2.46. The van der Waals surface area contributed by atoms with Crippen molar-refractivity contribution in [3.8, 4) is 5.75 Å². The zero-order chi connectivity index (χ0) is 13.7. The predicted octanol–water partition coefficient (Wildman–Crippen LogP) is 2.81. The van der Waals surface area contributed by atoms with Gasteiger partial charge in [-0.1, -0.05) is 48.5 Å². The lowest BCUT2D eigenvalue weighted by molar-refractivity contribution is -0.122. The number of phenolic OH excluding ortho intramolecular Hbond substituents is 1. The highest BCUT2D eigenvalue weighted by molar-refractivity contribution is 5.83. The molecule has 0 aliphatic carbocycles. The number of benzene rings is 2. The minimum absolute atomic E-state index is 0.0468. The molecule has 98 valence electrons. The van der Waals surface area contributed by atoms with E-state index in [1.54, 1.807) is 18.2 Å². The minimum Gasteiger partial charge on any atom is -0.508 e. The third-order valence-electron chi connectivity index (χ3n) is 3.14. The monoisotopic (exact) mass is 255 g/mol. The van der Waals surface area contributed by atoms with E-state index in [-0.39, 0.29) is 17.6 Å². The highest BCUT2D eigenvalue weighted by atomic mass is 16.3. The lowest BCUT2D eigenvalue weighted by Crippen LogP contribution is -2.27. The number of para-hydroxylation sites is 1. The average molecular weight is 255 g/mol. The van der Waals surface area contributed by atoms with Crippen LogP contribution in [0.3, 0.4) is 0 Å². The summed E-state index contributed by atoms with van der Waals surface area (Å²) < 4.78 is 0. The van der Waals surface area contributed by atoms with Crippen molar-refractivity contribution >= 4 is 5.91 Å². The van der Waals surface area contributed by atoms with E-state index in [0.717, 1.165) is 11.1 Å². The van der Waals surface area contributed by atoms with E-state index in [9.17, 15) is 9.90 Å². The van der Waals surface area contributed by atoms with Crippen LogP contribution < -0.4 is 5.32 Å². The van der Waals surface area contributed by atoms with Crippen molar-refractivity contribution in [1.29, 1.82) is 0 Å². The summed E-state index contributed by atoms with van der Waals surface area (Å²) in [5.41, 5.74) is 1.70. The molecule has 0 aliphatic rings. The Morgan fingerprint density at radius 3 is 2.42 bits per heavy atom. The molecule has 1 amide bonds. The van der Waals surface area contributed by atoms with E-state index in [1.807, 2.05) is 43.3 Å². The zero-order valence-electron chi connectivity index (χ0n) is 10.8. The van der Waals surface area contributed by atoms with Crippen LogP contribution in [0.25, 0.3) is 0 Å². The van der Waals surface area contributed by atoms with Gasteiger partial charge >= 0.3 is 0 Å². The van der Waals surface area contributed by atoms with E-state index >= 15 is 0 Å². The SMILES string of the molecule is CC(C(=O)NCc1ccccc1O)c1ccccc1. The first-order chi connectivity index (χ1) is 9.18. The maximum Gasteiger partial charge on any atom is 0.227 e. The number of nitrogens with one attached hydrogen (secondary N) is 1. The van der Waals surface area contributed by atoms with Crippen LogP contribution in [0.1, 0.15) is 24.0 Å². The number of rotatable bonds is 4. The molecule has 19 heavy (non-hydrogen) atoms. The molecule has 2 aromatic rings. The summed E-state index contributed by atoms with van der Waals surface area (Å²) in [5, 5.41) is 12.5. The summed E-state index contributed by atoms with van der Waals surface area (Å²) in [6.45, 7) is 2.21. The van der Waals surface area contributed by atoms with Crippen LogP contribution in [0.2, 0.25) is 0 Å². The second-order valence-electron chi connectivity index (χ2n) is 4.48. The van der Waals surface area contributed by atoms with Crippen LogP contribution in [0, 0.1) is 0 Å². The molecule has 2 N–H and O–H groups in total. The van der Waals surface area contributed by atoms with Gasteiger partial charge in [0.1, 0.15) is 5.75 Å². The Morgan fingerprint density at radius 2 is 1.74 bits per heavy atom. The molecule has 1 atom stereocenters. The predicted molar refractivity (Wildman–Crippen MR) is 74.8 cm³/mol. The third-order valence-corrected chi connectivity index (χ3v) is 3.14. The van der Waals surface area contributed by atoms with Crippen LogP contribution in [0.15, 0.2) is 54.6 Å². The van der Waals surface area contributed by atoms with Gasteiger partial charge in [-0.15, -0.1) is 0 Å². The van der Waals surface area contributed by atoms with Crippen molar-refractivity contribution in [1.82, 2.24) is 5.32 Å². The van der Waals surface area contributed by atoms with Crippen molar-refractivity contribution in [3.05, 3.63) is 65.7 Å². The Hall–Kier alpha value is -2.29. The summed E-state index contributed by atoms with van der Waals surface area (Å²) >= 11 is 0. The second kappa shape index (κ2) is 6.05. The van der Waals surface area contributed by atoms with Gasteiger partial charge in [-0.3, -0.25) is 4.79 Å². The molecule has 2 rings (SSSR count). The van der Waals surface area contributed by atoms with Crippen molar-refractivity contribution in [3.63, 3.8) is 0 Å². The summed E-state index contributed by atoms with van der Waals surface area (Å²) in [6.07, 6.45) is 0. The zero-order valence-corrected chi connectivity index (χ0v) is 10.8. The third kappa shape index (κ3) is 3.35. The number of hydrogen-bond acceptors (Lipinski definition) is 2. The Morgan fingerprint density at radius 1 is 1.11 bits per heavy atom. The van der Waals surface area contributed by atoms with E-state index < -0.39 is 0 Å². The first kappa shape index (κ1) is 13.1. The van der Waals surface area contributed by atoms with Gasteiger partial charge in [0.2, 0.25) is 5.91 Å². The number of aromatic hydroxyl groups is 1. The van der Waals surface area contributed by atoms with Crippen LogP contribution in [0.5, 0.6) is 5.75 Å². The van der Waals surface area contributed by atoms with Gasteiger partial charge in [-0.2, -0.15) is 0 Å². The normalized spacial score (nSPS) is 11.8. The van der Waals surface area contributed by atoms with Gasteiger partial charge < -0.3 is 10.4 Å². The van der Waals surface area contributed by atoms with Crippen LogP contribution in [-0.4, -0.2) is 11.0 Å². The smallest absolute Gasteiger partial charge is 0.227 e. The molecule has 0 fully saturated rings. The highest BCUT2D eigenvalue weighted by Crippen LogP contribution is 2.17. The molecule has 1 unspecified atom stereocenters. The summed E-state index contributed by atoms with van der Waals surface area (Å²) in [5.74, 6) is -0.0447. The molecule has 3 heteroatoms. The van der Waals surface area contributed by atoms with Gasteiger partial charge in [0, 0.05) is 12.1 Å². The lowest BCUT2D eigenvalue weighted by Gasteiger charge is -2.13. The van der Waals surface area contributed by atoms with Crippen molar-refractivity contribution in [2.24, 2.45) is 0 Å². The molecule has 0 radical (unpaired) electrons. The molecular weight excluding hydrogens is 238 g/mol. The van der Waals surface area contributed by atoms with E-state index in [1.165, 1.54) is 0 Å². The number of phenols is 1. The topological polar surface area (TPSA) is 49.3 Å². The fraction of sp³-hybridized carbons (Fsp3) is 0.188. The summed E-state index contributed by atoms with van der Waals surface area (Å²) in [7, 11) is 0. The highest BCUT2D eigenvalue weighted by Gasteiger charge is 2.14. The fourth-order valence-corrected chi connectivity index (χ4v) is 1.89. The van der Waals surface area contributed by atoms with Crippen molar-refractivity contribution < 1.29 is 9.90 Å². The van der Waals surface area contributed by atoms with Crippen molar-refractivity contribution in [2.45, 2.75) is 19.4 Å². The van der Waals surface area contributed by atoms with Crippen LogP contribution in [-0.2, 0) is 11.3 Å². The van der Waals surface area contributed by atoms with Gasteiger partial charge in [-0.25, -0.2) is 0 Å². The Balaban J connectivity index is 1.97.